The smallest absolute Gasteiger partial charge is 0.0166 e. The molecule has 0 spiro atoms. The van der Waals surface area contributed by atoms with Crippen molar-refractivity contribution >= 4 is 0 Å². The predicted octanol–water partition coefficient (Wildman–Crippen LogP) is 2.79. The van der Waals surface area contributed by atoms with E-state index in [1.165, 1.54) is 38.8 Å². The third kappa shape index (κ3) is 3.32. The van der Waals surface area contributed by atoms with Crippen molar-refractivity contribution < 1.29 is 0 Å². The molecular formula is C15H28N2. The van der Waals surface area contributed by atoms with E-state index in [-0.39, 0.29) is 0 Å². The van der Waals surface area contributed by atoms with Gasteiger partial charge in [0.2, 0.25) is 0 Å². The molecule has 2 nitrogen and oxygen atoms in total. The zero-order valence-electron chi connectivity index (χ0n) is 11.8. The van der Waals surface area contributed by atoms with Crippen molar-refractivity contribution in [2.45, 2.75) is 46.5 Å². The minimum absolute atomic E-state index is 0.362. The minimum Gasteiger partial charge on any atom is -0.330 e. The van der Waals surface area contributed by atoms with Crippen LogP contribution in [0, 0.1) is 10.8 Å². The van der Waals surface area contributed by atoms with Gasteiger partial charge in [0.05, 0.1) is 0 Å². The van der Waals surface area contributed by atoms with Crippen molar-refractivity contribution in [1.82, 2.24) is 4.90 Å². The highest BCUT2D eigenvalue weighted by molar-refractivity contribution is 5.15. The van der Waals surface area contributed by atoms with Crippen LogP contribution in [0.2, 0.25) is 0 Å². The van der Waals surface area contributed by atoms with Crippen LogP contribution in [-0.2, 0) is 0 Å². The Hall–Kier alpha value is -0.340. The Balaban J connectivity index is 1.85. The molecule has 1 aliphatic carbocycles. The lowest BCUT2D eigenvalue weighted by atomic mass is 9.83. The second kappa shape index (κ2) is 4.74. The van der Waals surface area contributed by atoms with E-state index in [0.29, 0.717) is 10.8 Å². The van der Waals surface area contributed by atoms with Crippen LogP contribution in [0.4, 0.5) is 0 Å². The van der Waals surface area contributed by atoms with Gasteiger partial charge in [0.25, 0.3) is 0 Å². The maximum atomic E-state index is 5.71. The van der Waals surface area contributed by atoms with Gasteiger partial charge in [-0.15, -0.1) is 0 Å². The molecule has 0 radical (unpaired) electrons. The molecule has 1 aliphatic heterocycles. The average Bonchev–Trinajstić information content (AvgIpc) is 2.98. The summed E-state index contributed by atoms with van der Waals surface area (Å²) in [6.07, 6.45) is 7.73. The normalized spacial score (nSPS) is 24.6. The van der Waals surface area contributed by atoms with Crippen LogP contribution in [0.5, 0.6) is 0 Å². The molecule has 1 saturated carbocycles. The van der Waals surface area contributed by atoms with Crippen LogP contribution in [0.25, 0.3) is 0 Å². The van der Waals surface area contributed by atoms with Crippen LogP contribution >= 0.6 is 0 Å². The van der Waals surface area contributed by atoms with Crippen LogP contribution in [0.3, 0.4) is 0 Å². The van der Waals surface area contributed by atoms with Crippen molar-refractivity contribution in [3.05, 3.63) is 11.6 Å². The lowest BCUT2D eigenvalue weighted by molar-refractivity contribution is 0.220. The Morgan fingerprint density at radius 2 is 2.06 bits per heavy atom. The Kier molecular flexibility index (Phi) is 3.65. The quantitative estimate of drug-likeness (QED) is 0.761. The van der Waals surface area contributed by atoms with E-state index in [0.717, 1.165) is 13.1 Å². The van der Waals surface area contributed by atoms with E-state index in [1.54, 1.807) is 5.57 Å². The van der Waals surface area contributed by atoms with Gasteiger partial charge in [-0.05, 0) is 43.1 Å². The number of hydrogen-bond donors (Lipinski definition) is 1. The standard InChI is InChI=1S/C15H28N2/c1-14(2,3)13-4-10-17(11-5-13)12-15(6-7-15)8-9-16/h4H,5-12,16H2,1-3H3. The summed E-state index contributed by atoms with van der Waals surface area (Å²) in [5.74, 6) is 0. The van der Waals surface area contributed by atoms with E-state index >= 15 is 0 Å². The van der Waals surface area contributed by atoms with Crippen LogP contribution < -0.4 is 5.73 Å². The highest BCUT2D eigenvalue weighted by atomic mass is 15.1. The maximum absolute atomic E-state index is 5.71. The van der Waals surface area contributed by atoms with Crippen molar-refractivity contribution in [3.8, 4) is 0 Å². The Morgan fingerprint density at radius 3 is 2.47 bits per heavy atom. The first-order chi connectivity index (χ1) is 7.95. The minimum atomic E-state index is 0.362. The molecule has 1 fully saturated rings. The van der Waals surface area contributed by atoms with E-state index in [9.17, 15) is 0 Å². The molecule has 0 amide bonds. The average molecular weight is 236 g/mol. The van der Waals surface area contributed by atoms with Gasteiger partial charge in [-0.2, -0.15) is 0 Å². The molecule has 0 aromatic carbocycles. The molecule has 2 rings (SSSR count). The second-order valence-electron chi connectivity index (χ2n) is 7.00. The summed E-state index contributed by atoms with van der Waals surface area (Å²) in [6, 6.07) is 0. The van der Waals surface area contributed by atoms with Crippen LogP contribution in [0.15, 0.2) is 11.6 Å². The lowest BCUT2D eigenvalue weighted by Gasteiger charge is -2.34. The van der Waals surface area contributed by atoms with Crippen molar-refractivity contribution in [3.63, 3.8) is 0 Å². The molecule has 0 aromatic heterocycles. The predicted molar refractivity (Wildman–Crippen MR) is 73.9 cm³/mol. The molecule has 0 saturated heterocycles. The van der Waals surface area contributed by atoms with Gasteiger partial charge < -0.3 is 5.73 Å². The fraction of sp³-hybridized carbons (Fsp3) is 0.867. The van der Waals surface area contributed by atoms with Crippen LogP contribution in [0.1, 0.15) is 46.5 Å². The van der Waals surface area contributed by atoms with Gasteiger partial charge >= 0.3 is 0 Å². The van der Waals surface area contributed by atoms with Gasteiger partial charge in [0.15, 0.2) is 0 Å². The van der Waals surface area contributed by atoms with Crippen molar-refractivity contribution in [1.29, 1.82) is 0 Å². The summed E-state index contributed by atoms with van der Waals surface area (Å²) in [4.78, 5) is 2.62. The number of nitrogens with two attached hydrogens (primary N) is 1. The van der Waals surface area contributed by atoms with E-state index in [1.807, 2.05) is 0 Å². The van der Waals surface area contributed by atoms with Gasteiger partial charge in [-0.25, -0.2) is 0 Å². The molecule has 2 heteroatoms. The highest BCUT2D eigenvalue weighted by Gasteiger charge is 2.42. The Labute approximate surface area is 106 Å². The van der Waals surface area contributed by atoms with E-state index in [4.69, 9.17) is 5.73 Å². The van der Waals surface area contributed by atoms with Crippen LogP contribution in [-0.4, -0.2) is 31.1 Å². The summed E-state index contributed by atoms with van der Waals surface area (Å²) in [5.41, 5.74) is 8.31. The molecular weight excluding hydrogens is 208 g/mol. The molecule has 2 N–H and O–H groups in total. The zero-order chi connectivity index (χ0) is 12.5. The van der Waals surface area contributed by atoms with E-state index < -0.39 is 0 Å². The SMILES string of the molecule is CC(C)(C)C1=CCN(CC2(CCN)CC2)CC1. The first-order valence-electron chi connectivity index (χ1n) is 7.07. The molecule has 17 heavy (non-hydrogen) atoms. The fourth-order valence-electron chi connectivity index (χ4n) is 2.98. The molecule has 0 atom stereocenters. The third-order valence-electron chi connectivity index (χ3n) is 4.45. The zero-order valence-corrected chi connectivity index (χ0v) is 11.8. The molecule has 98 valence electrons. The first kappa shape index (κ1) is 13.1. The number of hydrogen-bond acceptors (Lipinski definition) is 2. The lowest BCUT2D eigenvalue weighted by Crippen LogP contribution is -2.36. The number of rotatable bonds is 4. The Bertz CT molecular complexity index is 295. The Morgan fingerprint density at radius 1 is 1.35 bits per heavy atom. The summed E-state index contributed by atoms with van der Waals surface area (Å²) >= 11 is 0. The van der Waals surface area contributed by atoms with Gasteiger partial charge in [0, 0.05) is 19.6 Å². The van der Waals surface area contributed by atoms with Crippen molar-refractivity contribution in [2.75, 3.05) is 26.2 Å². The maximum Gasteiger partial charge on any atom is 0.0166 e. The first-order valence-corrected chi connectivity index (χ1v) is 7.07. The monoisotopic (exact) mass is 236 g/mol. The number of nitrogens with zero attached hydrogens (tertiary/aromatic N) is 1. The van der Waals surface area contributed by atoms with Gasteiger partial charge in [-0.1, -0.05) is 32.4 Å². The summed E-state index contributed by atoms with van der Waals surface area (Å²) < 4.78 is 0. The molecule has 1 heterocycles. The highest BCUT2D eigenvalue weighted by Crippen LogP contribution is 2.49. The fourth-order valence-corrected chi connectivity index (χ4v) is 2.98. The van der Waals surface area contributed by atoms with Gasteiger partial charge in [0.1, 0.15) is 0 Å². The second-order valence-corrected chi connectivity index (χ2v) is 7.00. The van der Waals surface area contributed by atoms with E-state index in [2.05, 4.69) is 31.7 Å². The molecule has 0 bridgehead atoms. The third-order valence-corrected chi connectivity index (χ3v) is 4.45. The van der Waals surface area contributed by atoms with Gasteiger partial charge in [-0.3, -0.25) is 4.90 Å². The topological polar surface area (TPSA) is 29.3 Å². The van der Waals surface area contributed by atoms with Crippen molar-refractivity contribution in [2.24, 2.45) is 16.6 Å². The summed E-state index contributed by atoms with van der Waals surface area (Å²) in [7, 11) is 0. The summed E-state index contributed by atoms with van der Waals surface area (Å²) in [6.45, 7) is 11.5. The molecule has 2 aliphatic rings. The molecule has 0 aromatic rings. The largest absolute Gasteiger partial charge is 0.330 e. The molecule has 0 unspecified atom stereocenters. The summed E-state index contributed by atoms with van der Waals surface area (Å²) in [5, 5.41) is 0.